The van der Waals surface area contributed by atoms with Crippen molar-refractivity contribution in [2.24, 2.45) is 0 Å². The molecule has 0 spiro atoms. The van der Waals surface area contributed by atoms with Crippen LogP contribution in [0.3, 0.4) is 0 Å². The van der Waals surface area contributed by atoms with Crippen LogP contribution in [0, 0.1) is 0 Å². The summed E-state index contributed by atoms with van der Waals surface area (Å²) in [7, 11) is -1.98. The van der Waals surface area contributed by atoms with Crippen LogP contribution in [0.2, 0.25) is 0 Å². The van der Waals surface area contributed by atoms with E-state index >= 15 is 0 Å². The summed E-state index contributed by atoms with van der Waals surface area (Å²) in [6.45, 7) is 4.99. The number of rotatable bonds is 17. The van der Waals surface area contributed by atoms with Gasteiger partial charge in [0.25, 0.3) is 0 Å². The summed E-state index contributed by atoms with van der Waals surface area (Å²) in [5, 5.41) is 3.03. The zero-order chi connectivity index (χ0) is 31.2. The quantitative estimate of drug-likeness (QED) is 0.209. The zero-order valence-electron chi connectivity index (χ0n) is 25.8. The molecular weight excluding hydrogens is 562 g/mol. The number of carbonyl (C=O) groups is 2. The number of benzene rings is 3. The number of sulfonamides is 1. The van der Waals surface area contributed by atoms with Gasteiger partial charge in [0.1, 0.15) is 11.8 Å². The van der Waals surface area contributed by atoms with Gasteiger partial charge in [-0.3, -0.25) is 13.9 Å². The highest BCUT2D eigenvalue weighted by Crippen LogP contribution is 2.22. The lowest BCUT2D eigenvalue weighted by Crippen LogP contribution is -2.50. The fraction of sp³-hybridized carbons (Fsp3) is 0.412. The number of amides is 2. The summed E-state index contributed by atoms with van der Waals surface area (Å²) < 4.78 is 32.1. The third kappa shape index (κ3) is 10.4. The molecule has 3 aromatic carbocycles. The van der Waals surface area contributed by atoms with E-state index < -0.39 is 16.1 Å². The maximum Gasteiger partial charge on any atom is 0.243 e. The molecule has 9 heteroatoms. The first-order chi connectivity index (χ1) is 20.7. The lowest BCUT2D eigenvalue weighted by Gasteiger charge is -2.32. The lowest BCUT2D eigenvalue weighted by molar-refractivity contribution is -0.141. The number of methoxy groups -OCH3 is 1. The van der Waals surface area contributed by atoms with Crippen LogP contribution < -0.4 is 14.4 Å². The Morgan fingerprint density at radius 3 is 2.21 bits per heavy atom. The number of hydrogen-bond donors (Lipinski definition) is 1. The summed E-state index contributed by atoms with van der Waals surface area (Å²) in [6.07, 6.45) is 4.54. The standard InChI is InChI=1S/C34H45N3O5S/c1-5-7-22-35-34(39)32(25-28-13-9-8-10-14-28)36(26-29-15-11-16-31(24-29)42-3)33(38)17-12-23-37(43(4,40)41)30-20-18-27(6-2)19-21-30/h8-11,13-16,18-21,24,32H,5-7,12,17,22-23,25-26H2,1-4H3,(H,35,39)/t32-/m0/s1. The third-order valence-corrected chi connectivity index (χ3v) is 8.57. The largest absolute Gasteiger partial charge is 0.497 e. The van der Waals surface area contributed by atoms with Gasteiger partial charge in [-0.25, -0.2) is 8.42 Å². The van der Waals surface area contributed by atoms with E-state index in [0.717, 1.165) is 36.0 Å². The first-order valence-electron chi connectivity index (χ1n) is 15.0. The molecule has 0 radical (unpaired) electrons. The molecule has 0 saturated carbocycles. The average molecular weight is 608 g/mol. The molecule has 43 heavy (non-hydrogen) atoms. The van der Waals surface area contributed by atoms with Gasteiger partial charge in [-0.2, -0.15) is 0 Å². The van der Waals surface area contributed by atoms with E-state index in [2.05, 4.69) is 12.2 Å². The van der Waals surface area contributed by atoms with Crippen LogP contribution in [0.25, 0.3) is 0 Å². The first-order valence-corrected chi connectivity index (χ1v) is 16.8. The molecule has 232 valence electrons. The molecule has 0 saturated heterocycles. The topological polar surface area (TPSA) is 96.0 Å². The monoisotopic (exact) mass is 607 g/mol. The van der Waals surface area contributed by atoms with Gasteiger partial charge >= 0.3 is 0 Å². The van der Waals surface area contributed by atoms with E-state index in [9.17, 15) is 18.0 Å². The molecule has 0 aromatic heterocycles. The van der Waals surface area contributed by atoms with E-state index in [4.69, 9.17) is 4.74 Å². The Morgan fingerprint density at radius 1 is 0.884 bits per heavy atom. The van der Waals surface area contributed by atoms with Crippen molar-refractivity contribution >= 4 is 27.5 Å². The summed E-state index contributed by atoms with van der Waals surface area (Å²) in [5.41, 5.74) is 3.46. The third-order valence-electron chi connectivity index (χ3n) is 7.37. The number of ether oxygens (including phenoxy) is 1. The number of anilines is 1. The van der Waals surface area contributed by atoms with Crippen LogP contribution >= 0.6 is 0 Å². The second-order valence-electron chi connectivity index (χ2n) is 10.7. The van der Waals surface area contributed by atoms with Gasteiger partial charge in [0.2, 0.25) is 21.8 Å². The molecule has 0 bridgehead atoms. The van der Waals surface area contributed by atoms with Gasteiger partial charge < -0.3 is 15.0 Å². The zero-order valence-corrected chi connectivity index (χ0v) is 26.6. The van der Waals surface area contributed by atoms with E-state index in [1.807, 2.05) is 73.7 Å². The number of unbranched alkanes of at least 4 members (excludes halogenated alkanes) is 1. The van der Waals surface area contributed by atoms with E-state index in [1.54, 1.807) is 24.1 Å². The lowest BCUT2D eigenvalue weighted by atomic mass is 10.0. The van der Waals surface area contributed by atoms with Crippen LogP contribution in [-0.2, 0) is 39.0 Å². The predicted molar refractivity (Wildman–Crippen MR) is 173 cm³/mol. The van der Waals surface area contributed by atoms with Gasteiger partial charge in [-0.05, 0) is 60.2 Å². The minimum atomic E-state index is -3.56. The van der Waals surface area contributed by atoms with Crippen molar-refractivity contribution in [3.8, 4) is 5.75 Å². The molecule has 0 aliphatic rings. The highest BCUT2D eigenvalue weighted by Gasteiger charge is 2.30. The Morgan fingerprint density at radius 2 is 1.58 bits per heavy atom. The van der Waals surface area contributed by atoms with Crippen molar-refractivity contribution in [2.75, 3.05) is 30.8 Å². The molecule has 1 atom stereocenters. The van der Waals surface area contributed by atoms with Gasteiger partial charge in [0, 0.05) is 32.5 Å². The Bertz CT molecular complexity index is 1410. The van der Waals surface area contributed by atoms with Gasteiger partial charge in [-0.15, -0.1) is 0 Å². The van der Waals surface area contributed by atoms with Crippen LogP contribution in [0.1, 0.15) is 56.2 Å². The van der Waals surface area contributed by atoms with Crippen LogP contribution in [-0.4, -0.2) is 57.6 Å². The SMILES string of the molecule is CCCCNC(=O)[C@H](Cc1ccccc1)N(Cc1cccc(OC)c1)C(=O)CCCN(c1ccc(CC)cc1)S(C)(=O)=O. The van der Waals surface area contributed by atoms with Crippen LogP contribution in [0.5, 0.6) is 5.75 Å². The fourth-order valence-electron chi connectivity index (χ4n) is 4.93. The summed E-state index contributed by atoms with van der Waals surface area (Å²) >= 11 is 0. The first kappa shape index (κ1) is 33.6. The Balaban J connectivity index is 1.88. The maximum atomic E-state index is 14.0. The molecule has 0 unspecified atom stereocenters. The number of hydrogen-bond acceptors (Lipinski definition) is 5. The average Bonchev–Trinajstić information content (AvgIpc) is 3.01. The smallest absolute Gasteiger partial charge is 0.243 e. The summed E-state index contributed by atoms with van der Waals surface area (Å²) in [6, 6.07) is 23.8. The van der Waals surface area contributed by atoms with Crippen molar-refractivity contribution in [3.05, 3.63) is 95.6 Å². The molecule has 3 aromatic rings. The molecule has 3 rings (SSSR count). The van der Waals surface area contributed by atoms with Crippen molar-refractivity contribution in [1.82, 2.24) is 10.2 Å². The molecule has 0 aliphatic heterocycles. The van der Waals surface area contributed by atoms with E-state index in [0.29, 0.717) is 30.8 Å². The summed E-state index contributed by atoms with van der Waals surface area (Å²) in [4.78, 5) is 29.2. The normalized spacial score (nSPS) is 11.9. The second kappa shape index (κ2) is 16.7. The fourth-order valence-corrected chi connectivity index (χ4v) is 5.89. The minimum Gasteiger partial charge on any atom is -0.497 e. The maximum absolute atomic E-state index is 14.0. The minimum absolute atomic E-state index is 0.0799. The van der Waals surface area contributed by atoms with E-state index in [1.165, 1.54) is 10.6 Å². The molecular formula is C34H45N3O5S. The van der Waals surface area contributed by atoms with Gasteiger partial charge in [-0.1, -0.05) is 74.9 Å². The predicted octanol–water partition coefficient (Wildman–Crippen LogP) is 5.36. The molecule has 0 aliphatic carbocycles. The van der Waals surface area contributed by atoms with Crippen molar-refractivity contribution in [2.45, 2.75) is 65.0 Å². The molecule has 0 fully saturated rings. The summed E-state index contributed by atoms with van der Waals surface area (Å²) in [5.74, 6) is 0.237. The number of nitrogens with zero attached hydrogens (tertiary/aromatic N) is 2. The Labute approximate surface area is 257 Å². The second-order valence-corrected chi connectivity index (χ2v) is 12.6. The molecule has 1 N–H and O–H groups in total. The van der Waals surface area contributed by atoms with Crippen molar-refractivity contribution < 1.29 is 22.7 Å². The molecule has 0 heterocycles. The van der Waals surface area contributed by atoms with Gasteiger partial charge in [0.05, 0.1) is 19.1 Å². The number of nitrogens with one attached hydrogen (secondary N) is 1. The van der Waals surface area contributed by atoms with Crippen molar-refractivity contribution in [1.29, 1.82) is 0 Å². The molecule has 2 amide bonds. The number of aryl methyl sites for hydroxylation is 1. The van der Waals surface area contributed by atoms with Crippen LogP contribution in [0.15, 0.2) is 78.9 Å². The van der Waals surface area contributed by atoms with E-state index in [-0.39, 0.29) is 31.3 Å². The highest BCUT2D eigenvalue weighted by molar-refractivity contribution is 7.92. The molecule has 8 nitrogen and oxygen atoms in total. The van der Waals surface area contributed by atoms with Gasteiger partial charge in [0.15, 0.2) is 0 Å². The Kier molecular flexibility index (Phi) is 13.1. The highest BCUT2D eigenvalue weighted by atomic mass is 32.2. The number of carbonyl (C=O) groups excluding carboxylic acids is 2. The Hall–Kier alpha value is -3.85. The van der Waals surface area contributed by atoms with Crippen molar-refractivity contribution in [3.63, 3.8) is 0 Å². The van der Waals surface area contributed by atoms with Crippen LogP contribution in [0.4, 0.5) is 5.69 Å².